The van der Waals surface area contributed by atoms with Gasteiger partial charge in [-0.1, -0.05) is 27.7 Å². The third-order valence-electron chi connectivity index (χ3n) is 6.58. The lowest BCUT2D eigenvalue weighted by molar-refractivity contribution is -0.132. The van der Waals surface area contributed by atoms with E-state index in [1.807, 2.05) is 0 Å². The van der Waals surface area contributed by atoms with Gasteiger partial charge in [-0.05, 0) is 36.4 Å². The zero-order valence-corrected chi connectivity index (χ0v) is 24.6. The first-order valence-electron chi connectivity index (χ1n) is 12.2. The number of carbonyl (C=O) groups excluding carboxylic acids is 2. The highest BCUT2D eigenvalue weighted by molar-refractivity contribution is 7.89. The third-order valence-corrected chi connectivity index (χ3v) is 10.7. The summed E-state index contributed by atoms with van der Waals surface area (Å²) < 4.78 is 66.6. The highest BCUT2D eigenvalue weighted by Crippen LogP contribution is 2.44. The molecule has 0 saturated heterocycles. The molecule has 2 rings (SSSR count). The van der Waals surface area contributed by atoms with Crippen molar-refractivity contribution in [1.29, 1.82) is 0 Å². The average molecular weight is 585 g/mol. The van der Waals surface area contributed by atoms with Crippen molar-refractivity contribution in [3.63, 3.8) is 0 Å². The topological polar surface area (TPSA) is 179 Å². The molecule has 2 aromatic carbocycles. The molecule has 0 aliphatic heterocycles. The summed E-state index contributed by atoms with van der Waals surface area (Å²) in [7, 11) is -5.63. The number of carbonyl (C=O) groups is 2. The molecule has 0 aliphatic rings. The number of nitrogens with two attached hydrogens (primary N) is 2. The Morgan fingerprint density at radius 1 is 0.692 bits per heavy atom. The summed E-state index contributed by atoms with van der Waals surface area (Å²) in [6, 6.07) is 7.26. The first-order valence-corrected chi connectivity index (χ1v) is 15.1. The summed E-state index contributed by atoms with van der Waals surface area (Å²) >= 11 is 0. The van der Waals surface area contributed by atoms with Crippen LogP contribution in [0, 0.1) is 0 Å². The summed E-state index contributed by atoms with van der Waals surface area (Å²) in [5, 5.41) is 0. The zero-order valence-electron chi connectivity index (χ0n) is 22.9. The number of sulfonamides is 2. The molecule has 4 N–H and O–H groups in total. The van der Waals surface area contributed by atoms with Gasteiger partial charge in [-0.15, -0.1) is 0 Å². The number of methoxy groups -OCH3 is 2. The second-order valence-electron chi connectivity index (χ2n) is 8.38. The number of benzene rings is 2. The first kappa shape index (κ1) is 32.0. The molecule has 0 spiro atoms. The van der Waals surface area contributed by atoms with Crippen LogP contribution in [0.1, 0.15) is 38.8 Å². The van der Waals surface area contributed by atoms with E-state index in [0.717, 1.165) is 12.1 Å². The summed E-state index contributed by atoms with van der Waals surface area (Å²) in [6.45, 7) is 7.30. The Balaban J connectivity index is 3.12. The molecule has 216 valence electrons. The van der Waals surface area contributed by atoms with Gasteiger partial charge in [0.2, 0.25) is 31.9 Å². The van der Waals surface area contributed by atoms with Crippen molar-refractivity contribution >= 4 is 31.9 Å². The fraction of sp³-hybridized carbons (Fsp3) is 0.440. The lowest BCUT2D eigenvalue weighted by Crippen LogP contribution is -2.52. The molecule has 0 heterocycles. The third kappa shape index (κ3) is 5.46. The van der Waals surface area contributed by atoms with Gasteiger partial charge in [0.1, 0.15) is 11.5 Å². The SMILES string of the molecule is CCN(CC)S(=O)(=O)c1ccc(OC)c(C(C(N)=O)(C(N)=O)c2cc(S(=O)(=O)N(CC)CC)ccc2OC)c1. The highest BCUT2D eigenvalue weighted by Gasteiger charge is 2.51. The van der Waals surface area contributed by atoms with Gasteiger partial charge in [-0.3, -0.25) is 9.59 Å². The molecule has 12 nitrogen and oxygen atoms in total. The maximum atomic E-state index is 13.3. The zero-order chi connectivity index (χ0) is 29.8. The van der Waals surface area contributed by atoms with E-state index < -0.39 is 37.3 Å². The summed E-state index contributed by atoms with van der Waals surface area (Å²) in [5.41, 5.74) is 8.56. The first-order chi connectivity index (χ1) is 18.2. The second-order valence-corrected chi connectivity index (χ2v) is 12.3. The molecule has 2 aromatic rings. The van der Waals surface area contributed by atoms with E-state index >= 15 is 0 Å². The van der Waals surface area contributed by atoms with Crippen molar-refractivity contribution in [2.75, 3.05) is 40.4 Å². The minimum atomic E-state index is -4.07. The van der Waals surface area contributed by atoms with Gasteiger partial charge in [0.05, 0.1) is 24.0 Å². The number of primary amides is 2. The van der Waals surface area contributed by atoms with E-state index in [9.17, 15) is 26.4 Å². The van der Waals surface area contributed by atoms with E-state index in [1.165, 1.54) is 47.1 Å². The Morgan fingerprint density at radius 2 is 1.00 bits per heavy atom. The van der Waals surface area contributed by atoms with Crippen LogP contribution < -0.4 is 20.9 Å². The van der Waals surface area contributed by atoms with Crippen molar-refractivity contribution in [3.05, 3.63) is 47.5 Å². The van der Waals surface area contributed by atoms with E-state index in [4.69, 9.17) is 20.9 Å². The summed E-state index contributed by atoms with van der Waals surface area (Å²) in [5.74, 6) is -2.74. The molecule has 0 atom stereocenters. The van der Waals surface area contributed by atoms with Crippen LogP contribution in [-0.4, -0.2) is 77.7 Å². The van der Waals surface area contributed by atoms with Crippen LogP contribution >= 0.6 is 0 Å². The summed E-state index contributed by atoms with van der Waals surface area (Å²) in [4.78, 5) is 26.1. The maximum Gasteiger partial charge on any atom is 0.243 e. The predicted octanol–water partition coefficient (Wildman–Crippen LogP) is 1.02. The lowest BCUT2D eigenvalue weighted by atomic mass is 9.72. The van der Waals surface area contributed by atoms with Gasteiger partial charge < -0.3 is 20.9 Å². The normalized spacial score (nSPS) is 12.5. The van der Waals surface area contributed by atoms with Crippen LogP contribution in [0.25, 0.3) is 0 Å². The van der Waals surface area contributed by atoms with E-state index in [0.29, 0.717) is 0 Å². The Labute approximate surface area is 230 Å². The van der Waals surface area contributed by atoms with Crippen molar-refractivity contribution in [2.45, 2.75) is 42.9 Å². The highest BCUT2D eigenvalue weighted by atomic mass is 32.2. The van der Waals surface area contributed by atoms with Crippen molar-refractivity contribution < 1.29 is 35.9 Å². The minimum Gasteiger partial charge on any atom is -0.496 e. The minimum absolute atomic E-state index is 0.0786. The van der Waals surface area contributed by atoms with Gasteiger partial charge in [0.15, 0.2) is 5.41 Å². The molecule has 0 radical (unpaired) electrons. The monoisotopic (exact) mass is 584 g/mol. The molecule has 0 unspecified atom stereocenters. The van der Waals surface area contributed by atoms with Crippen molar-refractivity contribution in [1.82, 2.24) is 8.61 Å². The maximum absolute atomic E-state index is 13.3. The number of rotatable bonds is 14. The lowest BCUT2D eigenvalue weighted by Gasteiger charge is -2.32. The molecule has 2 amide bonds. The van der Waals surface area contributed by atoms with E-state index in [-0.39, 0.29) is 58.6 Å². The van der Waals surface area contributed by atoms with Gasteiger partial charge in [0.25, 0.3) is 0 Å². The smallest absolute Gasteiger partial charge is 0.243 e. The number of hydrogen-bond acceptors (Lipinski definition) is 8. The van der Waals surface area contributed by atoms with Crippen LogP contribution in [0.3, 0.4) is 0 Å². The molecule has 0 aliphatic carbocycles. The average Bonchev–Trinajstić information content (AvgIpc) is 2.89. The molecule has 14 heteroatoms. The number of hydrogen-bond donors (Lipinski definition) is 2. The second kappa shape index (κ2) is 12.3. The van der Waals surface area contributed by atoms with Crippen LogP contribution in [0.2, 0.25) is 0 Å². The predicted molar refractivity (Wildman–Crippen MR) is 145 cm³/mol. The largest absolute Gasteiger partial charge is 0.496 e. The van der Waals surface area contributed by atoms with Gasteiger partial charge in [-0.25, -0.2) is 16.8 Å². The fourth-order valence-electron chi connectivity index (χ4n) is 4.50. The van der Waals surface area contributed by atoms with Crippen molar-refractivity contribution in [2.24, 2.45) is 11.5 Å². The standard InChI is InChI=1S/C25H36N4O8S2/c1-7-28(8-2)38(32,33)17-11-13-21(36-5)19(15-17)25(23(26)30,24(27)31)20-16-18(12-14-22(20)37-6)39(34,35)29(9-3)10-4/h11-16H,7-10H2,1-6H3,(H2,26,30)(H2,27,31). The number of nitrogens with zero attached hydrogens (tertiary/aromatic N) is 2. The van der Waals surface area contributed by atoms with Crippen molar-refractivity contribution in [3.8, 4) is 11.5 Å². The van der Waals surface area contributed by atoms with Gasteiger partial charge in [0, 0.05) is 37.3 Å². The van der Waals surface area contributed by atoms with E-state index in [1.54, 1.807) is 27.7 Å². The molecule has 0 fully saturated rings. The molecular formula is C25H36N4O8S2. The molecule has 0 aromatic heterocycles. The molecular weight excluding hydrogens is 548 g/mol. The number of amides is 2. The quantitative estimate of drug-likeness (QED) is 0.309. The molecule has 0 saturated carbocycles. The fourth-order valence-corrected chi connectivity index (χ4v) is 7.47. The van der Waals surface area contributed by atoms with Gasteiger partial charge in [-0.2, -0.15) is 8.61 Å². The Morgan fingerprint density at radius 3 is 1.23 bits per heavy atom. The Bertz CT molecular complexity index is 1320. The van der Waals surface area contributed by atoms with Gasteiger partial charge >= 0.3 is 0 Å². The Hall–Kier alpha value is -3.20. The van der Waals surface area contributed by atoms with Crippen LogP contribution in [0.5, 0.6) is 11.5 Å². The molecule has 39 heavy (non-hydrogen) atoms. The van der Waals surface area contributed by atoms with Crippen LogP contribution in [0.4, 0.5) is 0 Å². The van der Waals surface area contributed by atoms with E-state index in [2.05, 4.69) is 0 Å². The summed E-state index contributed by atoms with van der Waals surface area (Å²) in [6.07, 6.45) is 0. The Kier molecular flexibility index (Phi) is 10.1. The number of ether oxygens (including phenoxy) is 2. The van der Waals surface area contributed by atoms with Crippen LogP contribution in [0.15, 0.2) is 46.2 Å². The molecule has 0 bridgehead atoms. The van der Waals surface area contributed by atoms with Crippen LogP contribution in [-0.2, 0) is 35.1 Å².